The Morgan fingerprint density at radius 1 is 1.64 bits per heavy atom. The number of hydrogen-bond acceptors (Lipinski definition) is 5. The molecule has 0 aliphatic heterocycles. The highest BCUT2D eigenvalue weighted by Gasteiger charge is 1.99. The van der Waals surface area contributed by atoms with Crippen LogP contribution >= 0.6 is 11.3 Å². The van der Waals surface area contributed by atoms with Crippen LogP contribution in [0.4, 0.5) is 5.13 Å². The summed E-state index contributed by atoms with van der Waals surface area (Å²) in [4.78, 5) is 0. The van der Waals surface area contributed by atoms with Gasteiger partial charge >= 0.3 is 0 Å². The molecule has 0 saturated heterocycles. The molecular formula is C6H11N3OS. The van der Waals surface area contributed by atoms with Crippen LogP contribution in [0.2, 0.25) is 0 Å². The minimum Gasteiger partial charge on any atom is -0.392 e. The summed E-state index contributed by atoms with van der Waals surface area (Å²) in [7, 11) is 0. The summed E-state index contributed by atoms with van der Waals surface area (Å²) in [5.41, 5.74) is 0. The monoisotopic (exact) mass is 173 g/mol. The van der Waals surface area contributed by atoms with Crippen molar-refractivity contribution in [1.29, 1.82) is 0 Å². The van der Waals surface area contributed by atoms with E-state index >= 15 is 0 Å². The highest BCUT2D eigenvalue weighted by Crippen LogP contribution is 2.12. The van der Waals surface area contributed by atoms with Gasteiger partial charge in [-0.1, -0.05) is 11.3 Å². The molecule has 1 atom stereocenters. The van der Waals surface area contributed by atoms with Gasteiger partial charge in [0, 0.05) is 6.54 Å². The van der Waals surface area contributed by atoms with Crippen molar-refractivity contribution in [2.75, 3.05) is 11.9 Å². The third kappa shape index (κ3) is 2.81. The van der Waals surface area contributed by atoms with Gasteiger partial charge in [0.2, 0.25) is 5.13 Å². The molecule has 11 heavy (non-hydrogen) atoms. The maximum Gasteiger partial charge on any atom is 0.205 e. The third-order valence-corrected chi connectivity index (χ3v) is 1.87. The smallest absolute Gasteiger partial charge is 0.205 e. The predicted octanol–water partition coefficient (Wildman–Crippen LogP) is 0.639. The average Bonchev–Trinajstić information content (AvgIpc) is 2.31. The second-order valence-corrected chi connectivity index (χ2v) is 3.54. The molecular weight excluding hydrogens is 162 g/mol. The van der Waals surface area contributed by atoms with Crippen LogP contribution in [-0.4, -0.2) is 28.0 Å². The average molecular weight is 173 g/mol. The first kappa shape index (κ1) is 8.42. The molecule has 0 fully saturated rings. The van der Waals surface area contributed by atoms with E-state index in [1.807, 2.05) is 6.92 Å². The third-order valence-electron chi connectivity index (χ3n) is 1.07. The van der Waals surface area contributed by atoms with E-state index in [2.05, 4.69) is 15.5 Å². The molecule has 0 radical (unpaired) electrons. The normalized spacial score (nSPS) is 13.0. The summed E-state index contributed by atoms with van der Waals surface area (Å²) in [5, 5.41) is 21.2. The lowest BCUT2D eigenvalue weighted by Gasteiger charge is -2.02. The van der Waals surface area contributed by atoms with Gasteiger partial charge in [0.1, 0.15) is 5.01 Å². The second kappa shape index (κ2) is 3.64. The van der Waals surface area contributed by atoms with Crippen molar-refractivity contribution in [3.63, 3.8) is 0 Å². The van der Waals surface area contributed by atoms with Crippen molar-refractivity contribution in [3.05, 3.63) is 5.01 Å². The van der Waals surface area contributed by atoms with Crippen molar-refractivity contribution >= 4 is 16.5 Å². The number of rotatable bonds is 3. The first-order chi connectivity index (χ1) is 5.18. The molecule has 1 rings (SSSR count). The molecule has 0 spiro atoms. The van der Waals surface area contributed by atoms with Gasteiger partial charge in [-0.05, 0) is 13.8 Å². The van der Waals surface area contributed by atoms with Crippen LogP contribution in [0.15, 0.2) is 0 Å². The Labute approximate surface area is 69.3 Å². The zero-order chi connectivity index (χ0) is 8.27. The minimum absolute atomic E-state index is 0.348. The van der Waals surface area contributed by atoms with Crippen molar-refractivity contribution in [2.24, 2.45) is 0 Å². The quantitative estimate of drug-likeness (QED) is 0.704. The standard InChI is InChI=1S/C6H11N3OS/c1-4(10)3-7-6-9-8-5(2)11-6/h4,10H,3H2,1-2H3,(H,7,9). The summed E-state index contributed by atoms with van der Waals surface area (Å²) < 4.78 is 0. The fourth-order valence-corrected chi connectivity index (χ4v) is 1.20. The molecule has 4 nitrogen and oxygen atoms in total. The van der Waals surface area contributed by atoms with E-state index in [0.29, 0.717) is 6.54 Å². The van der Waals surface area contributed by atoms with Gasteiger partial charge < -0.3 is 10.4 Å². The Hall–Kier alpha value is -0.680. The molecule has 0 saturated carbocycles. The van der Waals surface area contributed by atoms with Gasteiger partial charge in [0.05, 0.1) is 6.10 Å². The molecule has 1 aromatic heterocycles. The minimum atomic E-state index is -0.348. The molecule has 1 aromatic rings. The number of nitrogens with zero attached hydrogens (tertiary/aromatic N) is 2. The maximum atomic E-state index is 8.91. The largest absolute Gasteiger partial charge is 0.392 e. The number of aliphatic hydroxyl groups is 1. The topological polar surface area (TPSA) is 58.0 Å². The maximum absolute atomic E-state index is 8.91. The fourth-order valence-electron chi connectivity index (χ4n) is 0.603. The Kier molecular flexibility index (Phi) is 2.78. The summed E-state index contributed by atoms with van der Waals surface area (Å²) >= 11 is 1.49. The summed E-state index contributed by atoms with van der Waals surface area (Å²) in [6.45, 7) is 4.14. The van der Waals surface area contributed by atoms with E-state index < -0.39 is 0 Å². The molecule has 0 amide bonds. The van der Waals surface area contributed by atoms with Gasteiger partial charge in [-0.15, -0.1) is 10.2 Å². The zero-order valence-corrected chi connectivity index (χ0v) is 7.35. The fraction of sp³-hybridized carbons (Fsp3) is 0.667. The Balaban J connectivity index is 2.39. The van der Waals surface area contributed by atoms with Gasteiger partial charge in [-0.25, -0.2) is 0 Å². The first-order valence-electron chi connectivity index (χ1n) is 3.40. The lowest BCUT2D eigenvalue weighted by Crippen LogP contribution is -2.14. The number of aromatic nitrogens is 2. The Morgan fingerprint density at radius 2 is 2.36 bits per heavy atom. The van der Waals surface area contributed by atoms with E-state index in [1.165, 1.54) is 11.3 Å². The lowest BCUT2D eigenvalue weighted by molar-refractivity contribution is 0.208. The van der Waals surface area contributed by atoms with E-state index in [9.17, 15) is 0 Å². The SMILES string of the molecule is Cc1nnc(NCC(C)O)s1. The van der Waals surface area contributed by atoms with Crippen LogP contribution in [0, 0.1) is 6.92 Å². The summed E-state index contributed by atoms with van der Waals surface area (Å²) in [6.07, 6.45) is -0.348. The molecule has 0 aliphatic rings. The summed E-state index contributed by atoms with van der Waals surface area (Å²) in [6, 6.07) is 0. The van der Waals surface area contributed by atoms with Crippen LogP contribution in [0.1, 0.15) is 11.9 Å². The molecule has 5 heteroatoms. The molecule has 0 aromatic carbocycles. The number of hydrogen-bond donors (Lipinski definition) is 2. The molecule has 1 heterocycles. The zero-order valence-electron chi connectivity index (χ0n) is 6.53. The van der Waals surface area contributed by atoms with Gasteiger partial charge in [-0.3, -0.25) is 0 Å². The van der Waals surface area contributed by atoms with E-state index in [1.54, 1.807) is 6.92 Å². The molecule has 2 N–H and O–H groups in total. The van der Waals surface area contributed by atoms with Crippen LogP contribution in [0.5, 0.6) is 0 Å². The number of anilines is 1. The van der Waals surface area contributed by atoms with Crippen LogP contribution in [-0.2, 0) is 0 Å². The predicted molar refractivity (Wildman–Crippen MR) is 44.8 cm³/mol. The Bertz CT molecular complexity index is 223. The van der Waals surface area contributed by atoms with Crippen LogP contribution in [0.3, 0.4) is 0 Å². The molecule has 1 unspecified atom stereocenters. The van der Waals surface area contributed by atoms with Gasteiger partial charge in [-0.2, -0.15) is 0 Å². The van der Waals surface area contributed by atoms with E-state index in [-0.39, 0.29) is 6.10 Å². The van der Waals surface area contributed by atoms with Crippen molar-refractivity contribution in [3.8, 4) is 0 Å². The van der Waals surface area contributed by atoms with E-state index in [4.69, 9.17) is 5.11 Å². The summed E-state index contributed by atoms with van der Waals surface area (Å²) in [5.74, 6) is 0. The van der Waals surface area contributed by atoms with Crippen LogP contribution in [0.25, 0.3) is 0 Å². The lowest BCUT2D eigenvalue weighted by atomic mass is 10.4. The van der Waals surface area contributed by atoms with E-state index in [0.717, 1.165) is 10.1 Å². The van der Waals surface area contributed by atoms with Crippen molar-refractivity contribution < 1.29 is 5.11 Å². The number of aryl methyl sites for hydroxylation is 1. The second-order valence-electron chi connectivity index (χ2n) is 2.36. The number of nitrogens with one attached hydrogen (secondary N) is 1. The molecule has 0 aliphatic carbocycles. The van der Waals surface area contributed by atoms with Crippen LogP contribution < -0.4 is 5.32 Å². The first-order valence-corrected chi connectivity index (χ1v) is 4.22. The Morgan fingerprint density at radius 3 is 2.82 bits per heavy atom. The number of aliphatic hydroxyl groups excluding tert-OH is 1. The highest BCUT2D eigenvalue weighted by atomic mass is 32.1. The molecule has 0 bridgehead atoms. The van der Waals surface area contributed by atoms with Crippen molar-refractivity contribution in [1.82, 2.24) is 10.2 Å². The van der Waals surface area contributed by atoms with Gasteiger partial charge in [0.25, 0.3) is 0 Å². The van der Waals surface area contributed by atoms with Crippen molar-refractivity contribution in [2.45, 2.75) is 20.0 Å². The highest BCUT2D eigenvalue weighted by molar-refractivity contribution is 7.15. The van der Waals surface area contributed by atoms with Gasteiger partial charge in [0.15, 0.2) is 0 Å². The molecule has 62 valence electrons.